The Morgan fingerprint density at radius 1 is 1.11 bits per heavy atom. The molecule has 0 saturated carbocycles. The van der Waals surface area contributed by atoms with Crippen molar-refractivity contribution >= 4 is 15.9 Å². The third-order valence-electron chi connectivity index (χ3n) is 5.12. The Hall–Kier alpha value is -1.87. The summed E-state index contributed by atoms with van der Waals surface area (Å²) in [6.45, 7) is 0.869. The molecule has 0 unspecified atom stereocenters. The van der Waals surface area contributed by atoms with E-state index in [2.05, 4.69) is 0 Å². The van der Waals surface area contributed by atoms with Gasteiger partial charge in [-0.3, -0.25) is 4.79 Å². The maximum atomic E-state index is 14.1. The predicted octanol–water partition coefficient (Wildman–Crippen LogP) is 1.82. The van der Waals surface area contributed by atoms with Crippen LogP contribution in [0, 0.1) is 0 Å². The number of methoxy groups -OCH3 is 2. The van der Waals surface area contributed by atoms with Gasteiger partial charge in [0.25, 0.3) is 0 Å². The first-order chi connectivity index (χ1) is 12.9. The molecule has 0 bridgehead atoms. The molecule has 2 aliphatic heterocycles. The SMILES string of the molecule is COc1ccc(S(=O)(=O)N2C[C@@H](F)C[C@H]2C(=O)N2CCCCC2)cc1OC. The van der Waals surface area contributed by atoms with Gasteiger partial charge in [0.15, 0.2) is 11.5 Å². The second kappa shape index (κ2) is 8.02. The van der Waals surface area contributed by atoms with Crippen LogP contribution in [-0.4, -0.2) is 69.6 Å². The van der Waals surface area contributed by atoms with Gasteiger partial charge >= 0.3 is 0 Å². The summed E-state index contributed by atoms with van der Waals surface area (Å²) < 4.78 is 51.7. The van der Waals surface area contributed by atoms with E-state index in [0.29, 0.717) is 18.8 Å². The predicted molar refractivity (Wildman–Crippen MR) is 97.2 cm³/mol. The zero-order valence-electron chi connectivity index (χ0n) is 15.6. The van der Waals surface area contributed by atoms with Crippen LogP contribution in [0.3, 0.4) is 0 Å². The molecule has 1 aromatic rings. The Kier molecular flexibility index (Phi) is 5.90. The number of benzene rings is 1. The number of likely N-dealkylation sites (tertiary alicyclic amines) is 1. The van der Waals surface area contributed by atoms with Crippen LogP contribution in [0.5, 0.6) is 11.5 Å². The second-order valence-corrected chi connectivity index (χ2v) is 8.72. The van der Waals surface area contributed by atoms with E-state index in [9.17, 15) is 17.6 Å². The molecule has 2 heterocycles. The van der Waals surface area contributed by atoms with Crippen molar-refractivity contribution in [2.24, 2.45) is 0 Å². The number of ether oxygens (including phenoxy) is 2. The molecule has 0 aromatic heterocycles. The average Bonchev–Trinajstić information content (AvgIpc) is 3.10. The standard InChI is InChI=1S/C18H25FN2O5S/c1-25-16-7-6-14(11-17(16)26-2)27(23,24)21-12-13(19)10-15(21)18(22)20-8-4-3-5-9-20/h6-7,11,13,15H,3-5,8-10,12H2,1-2H3/t13-,15-/m0/s1. The van der Waals surface area contributed by atoms with Gasteiger partial charge in [0.1, 0.15) is 12.2 Å². The number of rotatable bonds is 5. The van der Waals surface area contributed by atoms with Gasteiger partial charge in [-0.25, -0.2) is 12.8 Å². The molecule has 0 aliphatic carbocycles. The maximum absolute atomic E-state index is 14.1. The van der Waals surface area contributed by atoms with Crippen molar-refractivity contribution in [1.82, 2.24) is 9.21 Å². The molecule has 7 nitrogen and oxygen atoms in total. The lowest BCUT2D eigenvalue weighted by molar-refractivity contribution is -0.135. The van der Waals surface area contributed by atoms with Crippen molar-refractivity contribution in [2.75, 3.05) is 33.9 Å². The molecule has 2 atom stereocenters. The number of carbonyl (C=O) groups is 1. The monoisotopic (exact) mass is 400 g/mol. The highest BCUT2D eigenvalue weighted by molar-refractivity contribution is 7.89. The van der Waals surface area contributed by atoms with E-state index >= 15 is 0 Å². The number of nitrogens with zero attached hydrogens (tertiary/aromatic N) is 2. The number of carbonyl (C=O) groups excluding carboxylic acids is 1. The number of alkyl halides is 1. The van der Waals surface area contributed by atoms with Crippen LogP contribution in [0.25, 0.3) is 0 Å². The van der Waals surface area contributed by atoms with Crippen molar-refractivity contribution in [3.63, 3.8) is 0 Å². The molecule has 150 valence electrons. The van der Waals surface area contributed by atoms with Crippen molar-refractivity contribution in [2.45, 2.75) is 42.8 Å². The fraction of sp³-hybridized carbons (Fsp3) is 0.611. The first-order valence-corrected chi connectivity index (χ1v) is 10.5. The lowest BCUT2D eigenvalue weighted by Gasteiger charge is -2.32. The first kappa shape index (κ1) is 19.9. The van der Waals surface area contributed by atoms with Crippen LogP contribution in [0.4, 0.5) is 4.39 Å². The zero-order chi connectivity index (χ0) is 19.6. The van der Waals surface area contributed by atoms with Crippen LogP contribution in [0.1, 0.15) is 25.7 Å². The molecular weight excluding hydrogens is 375 g/mol. The van der Waals surface area contributed by atoms with Gasteiger partial charge in [0.05, 0.1) is 19.1 Å². The van der Waals surface area contributed by atoms with Gasteiger partial charge in [-0.2, -0.15) is 4.31 Å². The molecule has 2 fully saturated rings. The number of hydrogen-bond donors (Lipinski definition) is 0. The van der Waals surface area contributed by atoms with Crippen molar-refractivity contribution in [3.8, 4) is 11.5 Å². The largest absolute Gasteiger partial charge is 0.493 e. The summed E-state index contributed by atoms with van der Waals surface area (Å²) in [6.07, 6.45) is 1.36. The summed E-state index contributed by atoms with van der Waals surface area (Å²) in [5, 5.41) is 0. The van der Waals surface area contributed by atoms with Crippen LogP contribution >= 0.6 is 0 Å². The highest BCUT2D eigenvalue weighted by atomic mass is 32.2. The Morgan fingerprint density at radius 3 is 2.41 bits per heavy atom. The molecule has 9 heteroatoms. The fourth-order valence-corrected chi connectivity index (χ4v) is 5.32. The van der Waals surface area contributed by atoms with Crippen molar-refractivity contribution in [3.05, 3.63) is 18.2 Å². The van der Waals surface area contributed by atoms with Gasteiger partial charge in [-0.05, 0) is 31.4 Å². The first-order valence-electron chi connectivity index (χ1n) is 9.05. The van der Waals surface area contributed by atoms with Gasteiger partial charge in [-0.1, -0.05) is 0 Å². The average molecular weight is 400 g/mol. The summed E-state index contributed by atoms with van der Waals surface area (Å²) in [6, 6.07) is 3.19. The molecule has 2 aliphatic rings. The topological polar surface area (TPSA) is 76.2 Å². The van der Waals surface area contributed by atoms with E-state index < -0.39 is 22.2 Å². The van der Waals surface area contributed by atoms with Crippen LogP contribution < -0.4 is 9.47 Å². The summed E-state index contributed by atoms with van der Waals surface area (Å²) >= 11 is 0. The van der Waals surface area contributed by atoms with E-state index in [4.69, 9.17) is 9.47 Å². The van der Waals surface area contributed by atoms with E-state index in [-0.39, 0.29) is 29.5 Å². The van der Waals surface area contributed by atoms with Gasteiger partial charge < -0.3 is 14.4 Å². The van der Waals surface area contributed by atoms with E-state index in [0.717, 1.165) is 23.6 Å². The molecule has 27 heavy (non-hydrogen) atoms. The quantitative estimate of drug-likeness (QED) is 0.754. The molecule has 1 aromatic carbocycles. The van der Waals surface area contributed by atoms with Crippen molar-refractivity contribution < 1.29 is 27.1 Å². The number of hydrogen-bond acceptors (Lipinski definition) is 5. The molecular formula is C18H25FN2O5S. The van der Waals surface area contributed by atoms with Crippen LogP contribution in [0.15, 0.2) is 23.1 Å². The maximum Gasteiger partial charge on any atom is 0.244 e. The molecule has 0 spiro atoms. The minimum atomic E-state index is -4.05. The minimum absolute atomic E-state index is 0.0503. The Bertz CT molecular complexity index is 795. The lowest BCUT2D eigenvalue weighted by atomic mass is 10.1. The Balaban J connectivity index is 1.90. The highest BCUT2D eigenvalue weighted by Crippen LogP contribution is 2.34. The summed E-state index contributed by atoms with van der Waals surface area (Å²) in [4.78, 5) is 14.5. The number of sulfonamides is 1. The Morgan fingerprint density at radius 2 is 1.78 bits per heavy atom. The number of amides is 1. The fourth-order valence-electron chi connectivity index (χ4n) is 3.68. The summed E-state index contributed by atoms with van der Waals surface area (Å²) in [5.74, 6) is 0.342. The number of piperidine rings is 1. The van der Waals surface area contributed by atoms with E-state index in [1.807, 2.05) is 0 Å². The summed E-state index contributed by atoms with van der Waals surface area (Å²) in [7, 11) is -1.19. The van der Waals surface area contributed by atoms with Gasteiger partial charge in [0, 0.05) is 32.1 Å². The van der Waals surface area contributed by atoms with Gasteiger partial charge in [-0.15, -0.1) is 0 Å². The van der Waals surface area contributed by atoms with Gasteiger partial charge in [0.2, 0.25) is 15.9 Å². The smallest absolute Gasteiger partial charge is 0.244 e. The molecule has 0 N–H and O–H groups in total. The minimum Gasteiger partial charge on any atom is -0.493 e. The van der Waals surface area contributed by atoms with E-state index in [1.54, 1.807) is 4.90 Å². The molecule has 2 saturated heterocycles. The lowest BCUT2D eigenvalue weighted by Crippen LogP contribution is -2.49. The zero-order valence-corrected chi connectivity index (χ0v) is 16.4. The van der Waals surface area contributed by atoms with Crippen LogP contribution in [0.2, 0.25) is 0 Å². The Labute approximate surface area is 159 Å². The van der Waals surface area contributed by atoms with Crippen molar-refractivity contribution in [1.29, 1.82) is 0 Å². The number of halogens is 1. The molecule has 0 radical (unpaired) electrons. The summed E-state index contributed by atoms with van der Waals surface area (Å²) in [5.41, 5.74) is 0. The second-order valence-electron chi connectivity index (χ2n) is 6.83. The third-order valence-corrected chi connectivity index (χ3v) is 6.99. The highest BCUT2D eigenvalue weighted by Gasteiger charge is 2.45. The normalized spacial score (nSPS) is 24.0. The van der Waals surface area contributed by atoms with Crippen LogP contribution in [-0.2, 0) is 14.8 Å². The molecule has 1 amide bonds. The van der Waals surface area contributed by atoms with E-state index in [1.165, 1.54) is 32.4 Å². The third kappa shape index (κ3) is 3.89. The molecule has 3 rings (SSSR count).